The summed E-state index contributed by atoms with van der Waals surface area (Å²) in [4.78, 5) is 0. The van der Waals surface area contributed by atoms with Gasteiger partial charge in [0.25, 0.3) is 0 Å². The molecular formula is C19H26N4. The van der Waals surface area contributed by atoms with Gasteiger partial charge in [-0.3, -0.25) is 0 Å². The van der Waals surface area contributed by atoms with Crippen molar-refractivity contribution in [3.63, 3.8) is 0 Å². The monoisotopic (exact) mass is 310 g/mol. The van der Waals surface area contributed by atoms with Gasteiger partial charge in [0.2, 0.25) is 0 Å². The first-order chi connectivity index (χ1) is 11.4. The highest BCUT2D eigenvalue weighted by Crippen LogP contribution is 2.28. The molecule has 1 atom stereocenters. The van der Waals surface area contributed by atoms with Crippen LogP contribution in [0.15, 0.2) is 24.3 Å². The lowest BCUT2D eigenvalue weighted by atomic mass is 9.99. The zero-order chi connectivity index (χ0) is 15.5. The van der Waals surface area contributed by atoms with E-state index in [1.54, 1.807) is 0 Å². The van der Waals surface area contributed by atoms with Crippen molar-refractivity contribution in [2.24, 2.45) is 0 Å². The lowest BCUT2D eigenvalue weighted by molar-refractivity contribution is 0.469. The second kappa shape index (κ2) is 6.83. The number of hydrogen-bond acceptors (Lipinski definition) is 3. The summed E-state index contributed by atoms with van der Waals surface area (Å²) in [6.45, 7) is 1.91. The smallest absolute Gasteiger partial charge is 0.147 e. The van der Waals surface area contributed by atoms with Gasteiger partial charge in [0.1, 0.15) is 11.6 Å². The Bertz CT molecular complexity index is 661. The minimum atomic E-state index is 0.451. The summed E-state index contributed by atoms with van der Waals surface area (Å²) in [5.41, 5.74) is 3.00. The molecule has 1 aliphatic heterocycles. The van der Waals surface area contributed by atoms with Crippen LogP contribution in [0.2, 0.25) is 0 Å². The summed E-state index contributed by atoms with van der Waals surface area (Å²) in [6.07, 6.45) is 9.93. The molecule has 4 rings (SSSR count). The molecule has 2 aromatic rings. The van der Waals surface area contributed by atoms with Crippen molar-refractivity contribution in [1.82, 2.24) is 20.1 Å². The van der Waals surface area contributed by atoms with Crippen molar-refractivity contribution in [2.45, 2.75) is 70.5 Å². The molecule has 1 aromatic carbocycles. The first kappa shape index (κ1) is 14.9. The van der Waals surface area contributed by atoms with Crippen molar-refractivity contribution in [1.29, 1.82) is 0 Å². The average Bonchev–Trinajstić information content (AvgIpc) is 2.77. The van der Waals surface area contributed by atoms with Crippen LogP contribution < -0.4 is 5.32 Å². The van der Waals surface area contributed by atoms with Gasteiger partial charge in [-0.1, -0.05) is 37.1 Å². The van der Waals surface area contributed by atoms with Gasteiger partial charge in [0.05, 0.1) is 6.54 Å². The molecule has 0 amide bonds. The van der Waals surface area contributed by atoms with E-state index in [0.717, 1.165) is 25.3 Å². The van der Waals surface area contributed by atoms with Crippen LogP contribution in [0.4, 0.5) is 0 Å². The van der Waals surface area contributed by atoms with Crippen LogP contribution in [-0.4, -0.2) is 14.8 Å². The number of aryl methyl sites for hydroxylation is 2. The molecule has 1 N–H and O–H groups in total. The Kier molecular flexibility index (Phi) is 4.42. The fourth-order valence-electron chi connectivity index (χ4n) is 4.02. The molecule has 0 bridgehead atoms. The molecule has 0 spiro atoms. The Morgan fingerprint density at radius 1 is 1.00 bits per heavy atom. The van der Waals surface area contributed by atoms with E-state index in [1.807, 2.05) is 0 Å². The molecule has 1 aromatic heterocycles. The summed E-state index contributed by atoms with van der Waals surface area (Å²) < 4.78 is 2.35. The van der Waals surface area contributed by atoms with Crippen molar-refractivity contribution >= 4 is 0 Å². The van der Waals surface area contributed by atoms with Crippen molar-refractivity contribution in [2.75, 3.05) is 0 Å². The van der Waals surface area contributed by atoms with Gasteiger partial charge in [-0.25, -0.2) is 0 Å². The molecule has 1 unspecified atom stereocenters. The molecule has 2 heterocycles. The molecule has 0 radical (unpaired) electrons. The maximum absolute atomic E-state index is 4.45. The summed E-state index contributed by atoms with van der Waals surface area (Å²) >= 11 is 0. The third kappa shape index (κ3) is 3.18. The summed E-state index contributed by atoms with van der Waals surface area (Å²) in [5, 5.41) is 12.6. The Hall–Kier alpha value is -1.68. The number of benzene rings is 1. The standard InChI is InChI=1S/C19H26N4/c1-2-12-18-21-22-19(23(18)13-7-1)14-20-17-11-6-4-9-15-8-3-5-10-16(15)17/h3,5,8,10,17,20H,1-2,4,6-7,9,11-14H2. The Morgan fingerprint density at radius 2 is 1.91 bits per heavy atom. The number of aromatic nitrogens is 3. The van der Waals surface area contributed by atoms with Crippen LogP contribution in [0.1, 0.15) is 67.3 Å². The fourth-order valence-corrected chi connectivity index (χ4v) is 4.02. The molecule has 122 valence electrons. The van der Waals surface area contributed by atoms with Crippen LogP contribution >= 0.6 is 0 Å². The van der Waals surface area contributed by atoms with E-state index >= 15 is 0 Å². The topological polar surface area (TPSA) is 42.7 Å². The number of hydrogen-bond donors (Lipinski definition) is 1. The van der Waals surface area contributed by atoms with E-state index in [-0.39, 0.29) is 0 Å². The van der Waals surface area contributed by atoms with E-state index < -0.39 is 0 Å². The number of fused-ring (bicyclic) bond motifs is 2. The second-order valence-corrected chi connectivity index (χ2v) is 6.87. The Balaban J connectivity index is 1.50. The van der Waals surface area contributed by atoms with Gasteiger partial charge >= 0.3 is 0 Å². The van der Waals surface area contributed by atoms with E-state index in [4.69, 9.17) is 0 Å². The summed E-state index contributed by atoms with van der Waals surface area (Å²) in [7, 11) is 0. The van der Waals surface area contributed by atoms with Gasteiger partial charge in [-0.2, -0.15) is 0 Å². The molecule has 4 nitrogen and oxygen atoms in total. The minimum absolute atomic E-state index is 0.451. The van der Waals surface area contributed by atoms with Crippen LogP contribution in [0, 0.1) is 0 Å². The van der Waals surface area contributed by atoms with Crippen LogP contribution in [-0.2, 0) is 25.9 Å². The molecule has 4 heteroatoms. The molecule has 0 saturated carbocycles. The van der Waals surface area contributed by atoms with Crippen LogP contribution in [0.3, 0.4) is 0 Å². The van der Waals surface area contributed by atoms with Crippen molar-refractivity contribution in [3.05, 3.63) is 47.0 Å². The maximum Gasteiger partial charge on any atom is 0.147 e. The highest BCUT2D eigenvalue weighted by molar-refractivity contribution is 5.31. The predicted molar refractivity (Wildman–Crippen MR) is 91.2 cm³/mol. The number of nitrogens with one attached hydrogen (secondary N) is 1. The van der Waals surface area contributed by atoms with Crippen molar-refractivity contribution < 1.29 is 0 Å². The van der Waals surface area contributed by atoms with Gasteiger partial charge in [-0.15, -0.1) is 10.2 Å². The number of rotatable bonds is 3. The zero-order valence-corrected chi connectivity index (χ0v) is 13.8. The predicted octanol–water partition coefficient (Wildman–Crippen LogP) is 3.56. The molecule has 0 fully saturated rings. The summed E-state index contributed by atoms with van der Waals surface area (Å²) in [6, 6.07) is 9.37. The zero-order valence-electron chi connectivity index (χ0n) is 13.8. The van der Waals surface area contributed by atoms with E-state index in [2.05, 4.69) is 44.3 Å². The molecule has 0 saturated heterocycles. The van der Waals surface area contributed by atoms with Gasteiger partial charge in [0.15, 0.2) is 0 Å². The first-order valence-electron chi connectivity index (χ1n) is 9.14. The van der Waals surface area contributed by atoms with Gasteiger partial charge in [-0.05, 0) is 43.2 Å². The Morgan fingerprint density at radius 3 is 2.91 bits per heavy atom. The lowest BCUT2D eigenvalue weighted by Gasteiger charge is -2.19. The van der Waals surface area contributed by atoms with E-state index in [0.29, 0.717) is 6.04 Å². The Labute approximate surface area is 138 Å². The van der Waals surface area contributed by atoms with E-state index in [9.17, 15) is 0 Å². The molecular weight excluding hydrogens is 284 g/mol. The van der Waals surface area contributed by atoms with Crippen LogP contribution in [0.5, 0.6) is 0 Å². The van der Waals surface area contributed by atoms with Gasteiger partial charge in [0, 0.05) is 19.0 Å². The van der Waals surface area contributed by atoms with Crippen LogP contribution in [0.25, 0.3) is 0 Å². The maximum atomic E-state index is 4.45. The molecule has 1 aliphatic carbocycles. The largest absolute Gasteiger partial charge is 0.314 e. The highest BCUT2D eigenvalue weighted by atomic mass is 15.3. The minimum Gasteiger partial charge on any atom is -0.314 e. The third-order valence-electron chi connectivity index (χ3n) is 5.31. The van der Waals surface area contributed by atoms with Crippen molar-refractivity contribution in [3.8, 4) is 0 Å². The lowest BCUT2D eigenvalue weighted by Crippen LogP contribution is -2.23. The summed E-state index contributed by atoms with van der Waals surface area (Å²) in [5.74, 6) is 2.30. The third-order valence-corrected chi connectivity index (χ3v) is 5.31. The average molecular weight is 310 g/mol. The quantitative estimate of drug-likeness (QED) is 0.882. The first-order valence-corrected chi connectivity index (χ1v) is 9.14. The molecule has 23 heavy (non-hydrogen) atoms. The van der Waals surface area contributed by atoms with E-state index in [1.165, 1.54) is 61.9 Å². The van der Waals surface area contributed by atoms with Gasteiger partial charge < -0.3 is 9.88 Å². The fraction of sp³-hybridized carbons (Fsp3) is 0.579. The second-order valence-electron chi connectivity index (χ2n) is 6.87. The number of nitrogens with zero attached hydrogens (tertiary/aromatic N) is 3. The highest BCUT2D eigenvalue weighted by Gasteiger charge is 2.20. The SMILES string of the molecule is c1ccc2c(c1)CCCCC2NCc1nnc2n1CCCCC2. The normalized spacial score (nSPS) is 21.1. The molecule has 2 aliphatic rings.